The second-order valence-electron chi connectivity index (χ2n) is 4.48. The number of nitrogens with two attached hydrogens (primary N) is 1. The second-order valence-corrected chi connectivity index (χ2v) is 4.86. The van der Waals surface area contributed by atoms with Gasteiger partial charge >= 0.3 is 0 Å². The molecule has 0 amide bonds. The Kier molecular flexibility index (Phi) is 5.22. The third-order valence-electron chi connectivity index (χ3n) is 2.89. The highest BCUT2D eigenvalue weighted by molar-refractivity contribution is 7.80. The first-order chi connectivity index (χ1) is 10.2. The van der Waals surface area contributed by atoms with Gasteiger partial charge in [-0.2, -0.15) is 0 Å². The van der Waals surface area contributed by atoms with Gasteiger partial charge < -0.3 is 11.1 Å². The summed E-state index contributed by atoms with van der Waals surface area (Å²) in [6, 6.07) is 13.7. The van der Waals surface area contributed by atoms with Gasteiger partial charge in [0.15, 0.2) is 11.1 Å². The first kappa shape index (κ1) is 14.9. The number of guanidine groups is 1. The van der Waals surface area contributed by atoms with Gasteiger partial charge in [0.1, 0.15) is 0 Å². The molecule has 2 aromatic rings. The van der Waals surface area contributed by atoms with E-state index in [1.807, 2.05) is 42.5 Å². The SMILES string of the molecule is N=C(N)N(Cc1cccnc1)C(=S)NCc1ccccc1. The van der Waals surface area contributed by atoms with Crippen LogP contribution >= 0.6 is 12.2 Å². The zero-order valence-corrected chi connectivity index (χ0v) is 12.3. The van der Waals surface area contributed by atoms with Crippen molar-refractivity contribution in [2.24, 2.45) is 5.73 Å². The minimum Gasteiger partial charge on any atom is -0.370 e. The highest BCUT2D eigenvalue weighted by Crippen LogP contribution is 2.04. The van der Waals surface area contributed by atoms with Crippen LogP contribution in [0, 0.1) is 5.41 Å². The van der Waals surface area contributed by atoms with Gasteiger partial charge in [0.2, 0.25) is 0 Å². The normalized spacial score (nSPS) is 9.90. The molecule has 21 heavy (non-hydrogen) atoms. The number of nitrogens with one attached hydrogen (secondary N) is 2. The monoisotopic (exact) mass is 299 g/mol. The van der Waals surface area contributed by atoms with Crippen molar-refractivity contribution in [3.05, 3.63) is 66.0 Å². The highest BCUT2D eigenvalue weighted by Gasteiger charge is 2.13. The van der Waals surface area contributed by atoms with E-state index in [-0.39, 0.29) is 5.96 Å². The average Bonchev–Trinajstić information content (AvgIpc) is 2.52. The van der Waals surface area contributed by atoms with Crippen molar-refractivity contribution in [3.8, 4) is 0 Å². The summed E-state index contributed by atoms with van der Waals surface area (Å²) in [6.45, 7) is 1.01. The van der Waals surface area contributed by atoms with Crippen LogP contribution in [0.3, 0.4) is 0 Å². The minimum atomic E-state index is -0.0931. The van der Waals surface area contributed by atoms with Crippen molar-refractivity contribution in [1.29, 1.82) is 5.41 Å². The molecule has 0 aliphatic rings. The van der Waals surface area contributed by atoms with E-state index in [0.29, 0.717) is 18.2 Å². The summed E-state index contributed by atoms with van der Waals surface area (Å²) >= 11 is 5.32. The lowest BCUT2D eigenvalue weighted by Gasteiger charge is -2.24. The van der Waals surface area contributed by atoms with Gasteiger partial charge in [-0.15, -0.1) is 0 Å². The molecule has 0 fully saturated rings. The maximum Gasteiger partial charge on any atom is 0.195 e. The van der Waals surface area contributed by atoms with Gasteiger partial charge in [-0.1, -0.05) is 36.4 Å². The van der Waals surface area contributed by atoms with Crippen LogP contribution in [0.4, 0.5) is 0 Å². The largest absolute Gasteiger partial charge is 0.370 e. The Balaban J connectivity index is 1.98. The summed E-state index contributed by atoms with van der Waals surface area (Å²) in [4.78, 5) is 5.59. The van der Waals surface area contributed by atoms with Crippen molar-refractivity contribution in [2.75, 3.05) is 0 Å². The standard InChI is InChI=1S/C15H17N5S/c16-14(17)20(11-13-7-4-8-18-9-13)15(21)19-10-12-5-2-1-3-6-12/h1-9H,10-11H2,(H3,16,17)(H,19,21). The number of hydrogen-bond acceptors (Lipinski definition) is 3. The van der Waals surface area contributed by atoms with Crippen LogP contribution in [-0.2, 0) is 13.1 Å². The molecule has 0 unspecified atom stereocenters. The van der Waals surface area contributed by atoms with E-state index in [2.05, 4.69) is 10.3 Å². The fourth-order valence-electron chi connectivity index (χ4n) is 1.81. The zero-order chi connectivity index (χ0) is 15.1. The van der Waals surface area contributed by atoms with Crippen molar-refractivity contribution in [2.45, 2.75) is 13.1 Å². The molecule has 5 nitrogen and oxygen atoms in total. The number of hydrogen-bond donors (Lipinski definition) is 3. The minimum absolute atomic E-state index is 0.0931. The second kappa shape index (κ2) is 7.35. The Morgan fingerprint density at radius 2 is 1.90 bits per heavy atom. The molecule has 0 spiro atoms. The van der Waals surface area contributed by atoms with Crippen LogP contribution < -0.4 is 11.1 Å². The number of nitrogens with zero attached hydrogens (tertiary/aromatic N) is 2. The molecule has 108 valence electrons. The van der Waals surface area contributed by atoms with Gasteiger partial charge in [-0.3, -0.25) is 15.3 Å². The lowest BCUT2D eigenvalue weighted by molar-refractivity contribution is 0.574. The molecule has 1 aromatic heterocycles. The third kappa shape index (κ3) is 4.54. The smallest absolute Gasteiger partial charge is 0.195 e. The van der Waals surface area contributed by atoms with E-state index in [1.54, 1.807) is 12.4 Å². The molecule has 1 aromatic carbocycles. The van der Waals surface area contributed by atoms with Gasteiger partial charge in [0, 0.05) is 18.9 Å². The summed E-state index contributed by atoms with van der Waals surface area (Å²) in [5.74, 6) is -0.0931. The van der Waals surface area contributed by atoms with E-state index in [9.17, 15) is 0 Å². The Morgan fingerprint density at radius 3 is 2.52 bits per heavy atom. The van der Waals surface area contributed by atoms with E-state index < -0.39 is 0 Å². The van der Waals surface area contributed by atoms with E-state index in [1.165, 1.54) is 4.90 Å². The number of aromatic nitrogens is 1. The number of rotatable bonds is 4. The predicted molar refractivity (Wildman–Crippen MR) is 87.6 cm³/mol. The number of benzene rings is 1. The van der Waals surface area contributed by atoms with E-state index in [0.717, 1.165) is 11.1 Å². The van der Waals surface area contributed by atoms with Crippen LogP contribution in [0.1, 0.15) is 11.1 Å². The molecular weight excluding hydrogens is 282 g/mol. The van der Waals surface area contributed by atoms with E-state index in [4.69, 9.17) is 23.4 Å². The Labute approximate surface area is 129 Å². The lowest BCUT2D eigenvalue weighted by atomic mass is 10.2. The Hall–Kier alpha value is -2.47. The fourth-order valence-corrected chi connectivity index (χ4v) is 2.04. The van der Waals surface area contributed by atoms with Crippen molar-refractivity contribution in [1.82, 2.24) is 15.2 Å². The molecular formula is C15H17N5S. The van der Waals surface area contributed by atoms with Crippen molar-refractivity contribution >= 4 is 23.3 Å². The molecule has 6 heteroatoms. The molecule has 0 atom stereocenters. The quantitative estimate of drug-likeness (QED) is 0.456. The maximum absolute atomic E-state index is 7.67. The number of pyridine rings is 1. The highest BCUT2D eigenvalue weighted by atomic mass is 32.1. The third-order valence-corrected chi connectivity index (χ3v) is 3.25. The van der Waals surface area contributed by atoms with E-state index >= 15 is 0 Å². The molecule has 4 N–H and O–H groups in total. The van der Waals surface area contributed by atoms with Gasteiger partial charge in [0.25, 0.3) is 0 Å². The molecule has 0 aliphatic heterocycles. The summed E-state index contributed by atoms with van der Waals surface area (Å²) in [5.41, 5.74) is 7.67. The first-order valence-electron chi connectivity index (χ1n) is 6.49. The topological polar surface area (TPSA) is 78.0 Å². The van der Waals surface area contributed by atoms with Gasteiger partial charge in [0.05, 0.1) is 6.54 Å². The molecule has 0 saturated carbocycles. The van der Waals surface area contributed by atoms with Gasteiger partial charge in [-0.05, 0) is 29.4 Å². The van der Waals surface area contributed by atoms with Crippen LogP contribution in [0.2, 0.25) is 0 Å². The fraction of sp³-hybridized carbons (Fsp3) is 0.133. The van der Waals surface area contributed by atoms with Gasteiger partial charge in [-0.25, -0.2) is 0 Å². The van der Waals surface area contributed by atoms with Crippen LogP contribution in [0.5, 0.6) is 0 Å². The van der Waals surface area contributed by atoms with Crippen LogP contribution in [-0.4, -0.2) is 21.0 Å². The van der Waals surface area contributed by atoms with Crippen molar-refractivity contribution in [3.63, 3.8) is 0 Å². The molecule has 0 bridgehead atoms. The molecule has 0 aliphatic carbocycles. The summed E-state index contributed by atoms with van der Waals surface area (Å²) < 4.78 is 0. The summed E-state index contributed by atoms with van der Waals surface area (Å²) in [6.07, 6.45) is 3.43. The molecule has 1 heterocycles. The Morgan fingerprint density at radius 1 is 1.19 bits per heavy atom. The Bertz CT molecular complexity index is 600. The maximum atomic E-state index is 7.67. The van der Waals surface area contributed by atoms with Crippen molar-refractivity contribution < 1.29 is 0 Å². The molecule has 0 radical (unpaired) electrons. The molecule has 2 rings (SSSR count). The summed E-state index contributed by atoms with van der Waals surface area (Å²) in [5, 5.41) is 11.2. The van der Waals surface area contributed by atoms with Crippen LogP contribution in [0.15, 0.2) is 54.9 Å². The zero-order valence-electron chi connectivity index (χ0n) is 11.5. The predicted octanol–water partition coefficient (Wildman–Crippen LogP) is 1.85. The lowest BCUT2D eigenvalue weighted by Crippen LogP contribution is -2.45. The summed E-state index contributed by atoms with van der Waals surface area (Å²) in [7, 11) is 0. The van der Waals surface area contributed by atoms with Crippen LogP contribution in [0.25, 0.3) is 0 Å². The average molecular weight is 299 g/mol. The first-order valence-corrected chi connectivity index (χ1v) is 6.90. The number of thiocarbonyl (C=S) groups is 1. The molecule has 0 saturated heterocycles.